The fourth-order valence-electron chi connectivity index (χ4n) is 1.44. The molecule has 126 valence electrons. The Morgan fingerprint density at radius 3 is 2.05 bits per heavy atom. The number of carbonyl (C=O) groups is 1. The molecule has 0 bridgehead atoms. The van der Waals surface area contributed by atoms with Gasteiger partial charge in [0.1, 0.15) is 6.04 Å². The van der Waals surface area contributed by atoms with Crippen LogP contribution in [-0.2, 0) is 14.3 Å². The minimum Gasteiger partial charge on any atom is -0.468 e. The van der Waals surface area contributed by atoms with E-state index >= 15 is 0 Å². The molecule has 0 amide bonds. The standard InChI is InChI=1S/C11H17F6NO3/c1-3-5-18-7(8(19)20-2)4-6-21-9(10(12,13)14)11(15,16)17/h7,9,18H,3-6H2,1-2H3. The molecule has 0 aromatic carbocycles. The molecule has 0 saturated carbocycles. The first kappa shape index (κ1) is 20.0. The molecule has 0 aliphatic heterocycles. The molecule has 0 radical (unpaired) electrons. The topological polar surface area (TPSA) is 47.6 Å². The van der Waals surface area contributed by atoms with Gasteiger partial charge in [-0.3, -0.25) is 4.79 Å². The van der Waals surface area contributed by atoms with E-state index in [1.54, 1.807) is 6.92 Å². The van der Waals surface area contributed by atoms with Crippen molar-refractivity contribution < 1.29 is 40.6 Å². The number of carbonyl (C=O) groups excluding carboxylic acids is 1. The summed E-state index contributed by atoms with van der Waals surface area (Å²) in [4.78, 5) is 11.3. The summed E-state index contributed by atoms with van der Waals surface area (Å²) in [6.07, 6.45) is -14.7. The van der Waals surface area contributed by atoms with Gasteiger partial charge in [0.05, 0.1) is 7.11 Å². The smallest absolute Gasteiger partial charge is 0.423 e. The first-order valence-corrected chi connectivity index (χ1v) is 6.10. The van der Waals surface area contributed by atoms with Gasteiger partial charge in [-0.15, -0.1) is 0 Å². The zero-order valence-electron chi connectivity index (χ0n) is 11.5. The van der Waals surface area contributed by atoms with Crippen molar-refractivity contribution in [1.82, 2.24) is 5.32 Å². The van der Waals surface area contributed by atoms with Gasteiger partial charge in [0, 0.05) is 6.61 Å². The Labute approximate surface area is 117 Å². The lowest BCUT2D eigenvalue weighted by molar-refractivity contribution is -0.321. The van der Waals surface area contributed by atoms with Crippen LogP contribution in [-0.4, -0.2) is 50.7 Å². The van der Waals surface area contributed by atoms with Gasteiger partial charge in [-0.05, 0) is 19.4 Å². The van der Waals surface area contributed by atoms with Crippen molar-refractivity contribution >= 4 is 5.97 Å². The normalized spacial score (nSPS) is 14.3. The number of halogens is 6. The van der Waals surface area contributed by atoms with E-state index in [1.165, 1.54) is 0 Å². The minimum atomic E-state index is -5.56. The van der Waals surface area contributed by atoms with Crippen molar-refractivity contribution in [3.05, 3.63) is 0 Å². The Morgan fingerprint density at radius 2 is 1.67 bits per heavy atom. The van der Waals surface area contributed by atoms with Gasteiger partial charge in [-0.2, -0.15) is 26.3 Å². The molecule has 0 aromatic heterocycles. The molecule has 21 heavy (non-hydrogen) atoms. The average Bonchev–Trinajstić information content (AvgIpc) is 2.33. The lowest BCUT2D eigenvalue weighted by Crippen LogP contribution is -2.45. The Balaban J connectivity index is 4.55. The number of ether oxygens (including phenoxy) is 2. The predicted octanol–water partition coefficient (Wildman–Crippen LogP) is 2.43. The molecule has 1 unspecified atom stereocenters. The largest absolute Gasteiger partial charge is 0.468 e. The zero-order valence-corrected chi connectivity index (χ0v) is 11.5. The van der Waals surface area contributed by atoms with Crippen molar-refractivity contribution in [2.24, 2.45) is 0 Å². The summed E-state index contributed by atoms with van der Waals surface area (Å²) in [5, 5.41) is 2.65. The molecule has 0 aliphatic rings. The van der Waals surface area contributed by atoms with Gasteiger partial charge in [0.25, 0.3) is 0 Å². The molecule has 0 rings (SSSR count). The van der Waals surface area contributed by atoms with Gasteiger partial charge in [-0.25, -0.2) is 0 Å². The van der Waals surface area contributed by atoms with Gasteiger partial charge >= 0.3 is 18.3 Å². The molecule has 0 saturated heterocycles. The maximum atomic E-state index is 12.2. The zero-order chi connectivity index (χ0) is 16.7. The summed E-state index contributed by atoms with van der Waals surface area (Å²) in [6.45, 7) is 1.25. The highest BCUT2D eigenvalue weighted by molar-refractivity contribution is 5.75. The van der Waals surface area contributed by atoms with Gasteiger partial charge in [-0.1, -0.05) is 6.92 Å². The van der Waals surface area contributed by atoms with Crippen LogP contribution in [0.3, 0.4) is 0 Å². The van der Waals surface area contributed by atoms with Crippen molar-refractivity contribution in [2.75, 3.05) is 20.3 Å². The SMILES string of the molecule is CCCNC(CCOC(C(F)(F)F)C(F)(F)F)C(=O)OC. The Bertz CT molecular complexity index is 304. The second-order valence-corrected chi connectivity index (χ2v) is 4.15. The molecule has 0 spiro atoms. The molecule has 0 aromatic rings. The molecule has 4 nitrogen and oxygen atoms in total. The Kier molecular flexibility index (Phi) is 8.01. The van der Waals surface area contributed by atoms with E-state index in [1.807, 2.05) is 0 Å². The van der Waals surface area contributed by atoms with E-state index in [4.69, 9.17) is 0 Å². The third kappa shape index (κ3) is 7.51. The van der Waals surface area contributed by atoms with E-state index in [-0.39, 0.29) is 6.42 Å². The fraction of sp³-hybridized carbons (Fsp3) is 0.909. The number of hydrogen-bond donors (Lipinski definition) is 1. The lowest BCUT2D eigenvalue weighted by Gasteiger charge is -2.24. The van der Waals surface area contributed by atoms with E-state index in [0.717, 1.165) is 7.11 Å². The third-order valence-corrected chi connectivity index (χ3v) is 2.41. The number of rotatable bonds is 8. The molecular formula is C11H17F6NO3. The van der Waals surface area contributed by atoms with E-state index in [0.29, 0.717) is 13.0 Å². The van der Waals surface area contributed by atoms with Crippen molar-refractivity contribution in [1.29, 1.82) is 0 Å². The minimum absolute atomic E-state index is 0.363. The van der Waals surface area contributed by atoms with Crippen LogP contribution in [0.1, 0.15) is 19.8 Å². The van der Waals surface area contributed by atoms with Crippen LogP contribution in [0.15, 0.2) is 0 Å². The van der Waals surface area contributed by atoms with Gasteiger partial charge in [0.15, 0.2) is 0 Å². The maximum absolute atomic E-state index is 12.2. The monoisotopic (exact) mass is 325 g/mol. The lowest BCUT2D eigenvalue weighted by atomic mass is 10.2. The Morgan fingerprint density at radius 1 is 1.14 bits per heavy atom. The molecule has 1 atom stereocenters. The highest BCUT2D eigenvalue weighted by Crippen LogP contribution is 2.35. The summed E-state index contributed by atoms with van der Waals surface area (Å²) in [5.41, 5.74) is 0. The molecular weight excluding hydrogens is 308 g/mol. The number of alkyl halides is 6. The molecule has 10 heteroatoms. The first-order valence-electron chi connectivity index (χ1n) is 6.10. The first-order chi connectivity index (χ1) is 9.54. The van der Waals surface area contributed by atoms with Crippen LogP contribution in [0, 0.1) is 0 Å². The molecule has 0 heterocycles. The quantitative estimate of drug-likeness (QED) is 0.550. The van der Waals surface area contributed by atoms with E-state index < -0.39 is 37.1 Å². The second-order valence-electron chi connectivity index (χ2n) is 4.15. The summed E-state index contributed by atoms with van der Waals surface area (Å²) in [5.74, 6) is -0.775. The fourth-order valence-corrected chi connectivity index (χ4v) is 1.44. The van der Waals surface area contributed by atoms with E-state index in [9.17, 15) is 31.1 Å². The Hall–Kier alpha value is -1.03. The van der Waals surface area contributed by atoms with Crippen molar-refractivity contribution in [2.45, 2.75) is 44.3 Å². The molecule has 0 aliphatic carbocycles. The van der Waals surface area contributed by atoms with Crippen LogP contribution in [0.25, 0.3) is 0 Å². The maximum Gasteiger partial charge on any atom is 0.423 e. The third-order valence-electron chi connectivity index (χ3n) is 2.41. The second kappa shape index (κ2) is 8.42. The molecule has 1 N–H and O–H groups in total. The van der Waals surface area contributed by atoms with Crippen LogP contribution in [0.5, 0.6) is 0 Å². The highest BCUT2D eigenvalue weighted by Gasteiger charge is 2.57. The molecule has 0 fully saturated rings. The number of esters is 1. The number of methoxy groups -OCH3 is 1. The van der Waals surface area contributed by atoms with Crippen LogP contribution in [0.2, 0.25) is 0 Å². The summed E-state index contributed by atoms with van der Waals surface area (Å²) in [6, 6.07) is -1.02. The van der Waals surface area contributed by atoms with E-state index in [2.05, 4.69) is 14.8 Å². The van der Waals surface area contributed by atoms with Crippen LogP contribution in [0.4, 0.5) is 26.3 Å². The van der Waals surface area contributed by atoms with Crippen LogP contribution < -0.4 is 5.32 Å². The van der Waals surface area contributed by atoms with Gasteiger partial charge in [0.2, 0.25) is 6.10 Å². The van der Waals surface area contributed by atoms with Crippen LogP contribution >= 0.6 is 0 Å². The highest BCUT2D eigenvalue weighted by atomic mass is 19.4. The summed E-state index contributed by atoms with van der Waals surface area (Å²) in [7, 11) is 1.07. The van der Waals surface area contributed by atoms with Crippen molar-refractivity contribution in [3.8, 4) is 0 Å². The number of hydrogen-bond acceptors (Lipinski definition) is 4. The number of nitrogens with one attached hydrogen (secondary N) is 1. The average molecular weight is 325 g/mol. The summed E-state index contributed by atoms with van der Waals surface area (Å²) < 4.78 is 81.6. The van der Waals surface area contributed by atoms with Crippen molar-refractivity contribution in [3.63, 3.8) is 0 Å². The predicted molar refractivity (Wildman–Crippen MR) is 60.6 cm³/mol. The summed E-state index contributed by atoms with van der Waals surface area (Å²) >= 11 is 0. The van der Waals surface area contributed by atoms with Gasteiger partial charge < -0.3 is 14.8 Å².